The molecule has 16 heteroatoms. The van der Waals surface area contributed by atoms with E-state index >= 15 is 0 Å². The number of thioether (sulfide) groups is 1. The third-order valence-electron chi connectivity index (χ3n) is 7.52. The monoisotopic (exact) mass is 683 g/mol. The molecule has 0 aliphatic carbocycles. The fourth-order valence-electron chi connectivity index (χ4n) is 5.31. The normalized spacial score (nSPS) is 18.8. The summed E-state index contributed by atoms with van der Waals surface area (Å²) in [6, 6.07) is 5.95. The molecule has 2 aromatic carbocycles. The number of aromatic nitrogens is 2. The number of aliphatic imine (C=N–C) groups is 1. The molecule has 3 heterocycles. The van der Waals surface area contributed by atoms with E-state index in [1.807, 2.05) is 4.90 Å². The maximum absolute atomic E-state index is 13.7. The lowest BCUT2D eigenvalue weighted by Crippen LogP contribution is -2.58. The number of hydrogen-bond acceptors (Lipinski definition) is 7. The number of carbonyl (C=O) groups excluding carboxylic acids is 2. The van der Waals surface area contributed by atoms with E-state index in [-0.39, 0.29) is 31.3 Å². The highest BCUT2D eigenvalue weighted by Gasteiger charge is 2.39. The fourth-order valence-corrected chi connectivity index (χ4v) is 6.26. The summed E-state index contributed by atoms with van der Waals surface area (Å²) in [7, 11) is 0. The summed E-state index contributed by atoms with van der Waals surface area (Å²) in [5.41, 5.74) is -2.32. The third-order valence-corrected chi connectivity index (χ3v) is 8.57. The van der Waals surface area contributed by atoms with Crippen LogP contribution in [0.3, 0.4) is 0 Å². The molecule has 252 valence electrons. The van der Waals surface area contributed by atoms with Gasteiger partial charge in [-0.25, -0.2) is 4.79 Å². The summed E-state index contributed by atoms with van der Waals surface area (Å²) < 4.78 is 87.3. The van der Waals surface area contributed by atoms with Gasteiger partial charge in [0.25, 0.3) is 5.91 Å². The molecule has 1 fully saturated rings. The number of hydrogen-bond donors (Lipinski definition) is 1. The van der Waals surface area contributed by atoms with Gasteiger partial charge in [-0.1, -0.05) is 12.1 Å². The van der Waals surface area contributed by atoms with Crippen LogP contribution in [0.2, 0.25) is 0 Å². The second kappa shape index (κ2) is 12.5. The number of aliphatic hydroxyl groups excluding tert-OH is 1. The largest absolute Gasteiger partial charge is 0.444 e. The first-order valence-electron chi connectivity index (χ1n) is 14.5. The zero-order chi connectivity index (χ0) is 34.5. The number of aryl methyl sites for hydroxylation is 1. The third kappa shape index (κ3) is 7.59. The molecule has 5 rings (SSSR count). The van der Waals surface area contributed by atoms with Crippen LogP contribution in [0.5, 0.6) is 0 Å². The van der Waals surface area contributed by atoms with Crippen molar-refractivity contribution in [3.05, 3.63) is 69.3 Å². The lowest BCUT2D eigenvalue weighted by atomic mass is 10.0. The van der Waals surface area contributed by atoms with Crippen LogP contribution >= 0.6 is 11.8 Å². The Kier molecular flexibility index (Phi) is 9.14. The van der Waals surface area contributed by atoms with Gasteiger partial charge in [0.2, 0.25) is 0 Å². The van der Waals surface area contributed by atoms with E-state index in [0.717, 1.165) is 17.8 Å². The van der Waals surface area contributed by atoms with Crippen molar-refractivity contribution in [2.75, 3.05) is 26.2 Å². The van der Waals surface area contributed by atoms with Crippen molar-refractivity contribution >= 4 is 45.9 Å². The molecule has 0 unspecified atom stereocenters. The van der Waals surface area contributed by atoms with Crippen molar-refractivity contribution < 1.29 is 45.8 Å². The number of amides is 2. The van der Waals surface area contributed by atoms with Crippen molar-refractivity contribution in [3.63, 3.8) is 0 Å². The molecular formula is C31H31F6N5O4S. The maximum atomic E-state index is 13.7. The zero-order valence-corrected chi connectivity index (χ0v) is 26.6. The molecule has 1 N–H and O–H groups in total. The Labute approximate surface area is 269 Å². The van der Waals surface area contributed by atoms with Crippen molar-refractivity contribution in [3.8, 4) is 0 Å². The smallest absolute Gasteiger partial charge is 0.416 e. The number of fused-ring (bicyclic) bond motifs is 1. The number of alkyl halides is 6. The number of halogens is 6. The van der Waals surface area contributed by atoms with Gasteiger partial charge in [0, 0.05) is 25.0 Å². The maximum Gasteiger partial charge on any atom is 0.416 e. The van der Waals surface area contributed by atoms with E-state index in [4.69, 9.17) is 4.74 Å². The SMILES string of the molecule is Cc1nn(Cc2ccc(C(F)(F)F)cc2C(F)(F)F)c2ccc(C=C3SC(N4CCN(C(=O)OC(C)(C)C)[C@@H](CO)C4)=NC3=O)cc12. The van der Waals surface area contributed by atoms with E-state index in [9.17, 15) is 41.0 Å². The second-order valence-corrected chi connectivity index (χ2v) is 13.2. The minimum atomic E-state index is -5.01. The molecule has 1 saturated heterocycles. The van der Waals surface area contributed by atoms with Gasteiger partial charge in [0.05, 0.1) is 46.4 Å². The molecular weight excluding hydrogens is 652 g/mol. The molecule has 1 aromatic heterocycles. The lowest BCUT2D eigenvalue weighted by Gasteiger charge is -2.41. The minimum absolute atomic E-state index is 0.107. The lowest BCUT2D eigenvalue weighted by molar-refractivity contribution is -0.143. The molecule has 0 spiro atoms. The first-order chi connectivity index (χ1) is 21.8. The fraction of sp³-hybridized carbons (Fsp3) is 0.419. The number of nitrogens with zero attached hydrogens (tertiary/aromatic N) is 5. The summed E-state index contributed by atoms with van der Waals surface area (Å²) in [6.45, 7) is 7.03. The van der Waals surface area contributed by atoms with Crippen molar-refractivity contribution in [2.24, 2.45) is 4.99 Å². The number of piperazine rings is 1. The van der Waals surface area contributed by atoms with Gasteiger partial charge in [-0.15, -0.1) is 0 Å². The Morgan fingerprint density at radius 2 is 1.79 bits per heavy atom. The molecule has 9 nitrogen and oxygen atoms in total. The number of amidine groups is 1. The quantitative estimate of drug-likeness (QED) is 0.254. The summed E-state index contributed by atoms with van der Waals surface area (Å²) in [5.74, 6) is -0.477. The Morgan fingerprint density at radius 3 is 2.43 bits per heavy atom. The van der Waals surface area contributed by atoms with E-state index in [1.54, 1.807) is 52.0 Å². The molecule has 0 radical (unpaired) electrons. The number of benzene rings is 2. The molecule has 47 heavy (non-hydrogen) atoms. The van der Waals surface area contributed by atoms with Crippen LogP contribution in [0.4, 0.5) is 31.1 Å². The molecule has 2 amide bonds. The molecule has 1 atom stereocenters. The van der Waals surface area contributed by atoms with Gasteiger partial charge in [-0.05, 0) is 80.9 Å². The Bertz CT molecular complexity index is 1780. The van der Waals surface area contributed by atoms with Crippen LogP contribution in [0, 0.1) is 6.92 Å². The standard InChI is InChI=1S/C31H31F6N5O4S/c1-17-22-11-18(5-8-24(22)42(39-17)14-19-6-7-20(30(32,33)34)13-23(19)31(35,36)37)12-25-26(44)38-27(47-25)40-9-10-41(21(15-40)16-43)28(45)46-29(2,3)4/h5-8,11-13,21,43H,9-10,14-16H2,1-4H3/t21-/m1/s1. The average Bonchev–Trinajstić information content (AvgIpc) is 3.49. The highest BCUT2D eigenvalue weighted by molar-refractivity contribution is 8.18. The molecule has 2 aliphatic heterocycles. The summed E-state index contributed by atoms with van der Waals surface area (Å²) >= 11 is 1.14. The Morgan fingerprint density at radius 1 is 1.06 bits per heavy atom. The number of carbonyl (C=O) groups is 2. The molecule has 3 aromatic rings. The summed E-state index contributed by atoms with van der Waals surface area (Å²) in [5, 5.41) is 15.3. The van der Waals surface area contributed by atoms with Crippen molar-refractivity contribution in [2.45, 2.75) is 58.2 Å². The number of rotatable bonds is 4. The van der Waals surface area contributed by atoms with Crippen LogP contribution in [-0.4, -0.2) is 79.7 Å². The molecule has 0 bridgehead atoms. The predicted molar refractivity (Wildman–Crippen MR) is 163 cm³/mol. The second-order valence-electron chi connectivity index (χ2n) is 12.2. The van der Waals surface area contributed by atoms with Gasteiger partial charge >= 0.3 is 18.4 Å². The van der Waals surface area contributed by atoms with Gasteiger partial charge in [-0.3, -0.25) is 14.4 Å². The van der Waals surface area contributed by atoms with Gasteiger partial charge < -0.3 is 14.7 Å². The van der Waals surface area contributed by atoms with Crippen LogP contribution < -0.4 is 0 Å². The van der Waals surface area contributed by atoms with Crippen LogP contribution in [0.25, 0.3) is 17.0 Å². The molecule has 2 aliphatic rings. The minimum Gasteiger partial charge on any atom is -0.444 e. The summed E-state index contributed by atoms with van der Waals surface area (Å²) in [4.78, 5) is 33.2. The van der Waals surface area contributed by atoms with Gasteiger partial charge in [-0.2, -0.15) is 36.4 Å². The average molecular weight is 684 g/mol. The zero-order valence-electron chi connectivity index (χ0n) is 25.7. The summed E-state index contributed by atoms with van der Waals surface area (Å²) in [6.07, 6.45) is -8.85. The van der Waals surface area contributed by atoms with Gasteiger partial charge in [0.1, 0.15) is 5.60 Å². The van der Waals surface area contributed by atoms with Crippen LogP contribution in [0.15, 0.2) is 46.3 Å². The van der Waals surface area contributed by atoms with E-state index in [0.29, 0.717) is 44.8 Å². The number of ether oxygens (including phenoxy) is 1. The van der Waals surface area contributed by atoms with Gasteiger partial charge in [0.15, 0.2) is 5.17 Å². The Hall–Kier alpha value is -4.05. The first-order valence-corrected chi connectivity index (χ1v) is 15.3. The van der Waals surface area contributed by atoms with E-state index < -0.39 is 53.7 Å². The topological polar surface area (TPSA) is 100 Å². The van der Waals surface area contributed by atoms with E-state index in [2.05, 4.69) is 10.1 Å². The van der Waals surface area contributed by atoms with Crippen LogP contribution in [-0.2, 0) is 28.4 Å². The van der Waals surface area contributed by atoms with E-state index in [1.165, 1.54) is 9.58 Å². The van der Waals surface area contributed by atoms with Crippen molar-refractivity contribution in [1.82, 2.24) is 19.6 Å². The molecule has 0 saturated carbocycles. The first kappa shape index (κ1) is 34.3. The van der Waals surface area contributed by atoms with Crippen LogP contribution in [0.1, 0.15) is 48.7 Å². The Balaban J connectivity index is 1.33. The number of aliphatic hydroxyl groups is 1. The predicted octanol–water partition coefficient (Wildman–Crippen LogP) is 6.31. The van der Waals surface area contributed by atoms with Crippen molar-refractivity contribution in [1.29, 1.82) is 0 Å². The highest BCUT2D eigenvalue weighted by atomic mass is 32.2. The highest BCUT2D eigenvalue weighted by Crippen LogP contribution is 2.38.